The SMILES string of the molecule is O=C1OCC(Cc2ccccc2)N1C=Cc1ccccc1. The van der Waals surface area contributed by atoms with Gasteiger partial charge in [-0.25, -0.2) is 4.79 Å². The van der Waals surface area contributed by atoms with E-state index < -0.39 is 0 Å². The van der Waals surface area contributed by atoms with E-state index >= 15 is 0 Å². The van der Waals surface area contributed by atoms with Crippen LogP contribution in [0.1, 0.15) is 11.1 Å². The molecule has 0 radical (unpaired) electrons. The zero-order chi connectivity index (χ0) is 14.5. The van der Waals surface area contributed by atoms with Crippen LogP contribution in [-0.4, -0.2) is 23.6 Å². The average molecular weight is 279 g/mol. The average Bonchev–Trinajstić information content (AvgIpc) is 2.87. The lowest BCUT2D eigenvalue weighted by molar-refractivity contribution is 0.166. The van der Waals surface area contributed by atoms with Crippen LogP contribution in [0.25, 0.3) is 6.08 Å². The predicted molar refractivity (Wildman–Crippen MR) is 82.6 cm³/mol. The first-order chi connectivity index (χ1) is 10.3. The van der Waals surface area contributed by atoms with Crippen molar-refractivity contribution in [1.29, 1.82) is 0 Å². The Balaban J connectivity index is 1.72. The number of hydrogen-bond acceptors (Lipinski definition) is 2. The van der Waals surface area contributed by atoms with Gasteiger partial charge in [0.2, 0.25) is 0 Å². The van der Waals surface area contributed by atoms with Crippen LogP contribution in [0, 0.1) is 0 Å². The van der Waals surface area contributed by atoms with Gasteiger partial charge in [0, 0.05) is 6.20 Å². The molecule has 3 heteroatoms. The van der Waals surface area contributed by atoms with Crippen LogP contribution in [0.2, 0.25) is 0 Å². The molecular formula is C18H17NO2. The highest BCUT2D eigenvalue weighted by atomic mass is 16.6. The van der Waals surface area contributed by atoms with Gasteiger partial charge in [-0.2, -0.15) is 0 Å². The van der Waals surface area contributed by atoms with Gasteiger partial charge in [0.1, 0.15) is 6.61 Å². The smallest absolute Gasteiger partial charge is 0.414 e. The summed E-state index contributed by atoms with van der Waals surface area (Å²) in [7, 11) is 0. The third kappa shape index (κ3) is 3.31. The number of ether oxygens (including phenoxy) is 1. The van der Waals surface area contributed by atoms with Crippen molar-refractivity contribution in [3.05, 3.63) is 78.0 Å². The number of hydrogen-bond donors (Lipinski definition) is 0. The van der Waals surface area contributed by atoms with E-state index in [2.05, 4.69) is 12.1 Å². The standard InChI is InChI=1S/C18H17NO2/c20-18-19(12-11-15-7-3-1-4-8-15)17(14-21-18)13-16-9-5-2-6-10-16/h1-12,17H,13-14H2. The van der Waals surface area contributed by atoms with Gasteiger partial charge in [0.05, 0.1) is 6.04 Å². The fraction of sp³-hybridized carbons (Fsp3) is 0.167. The van der Waals surface area contributed by atoms with Gasteiger partial charge in [-0.05, 0) is 23.6 Å². The van der Waals surface area contributed by atoms with Crippen molar-refractivity contribution in [2.24, 2.45) is 0 Å². The van der Waals surface area contributed by atoms with Crippen molar-refractivity contribution in [2.45, 2.75) is 12.5 Å². The van der Waals surface area contributed by atoms with E-state index in [1.165, 1.54) is 5.56 Å². The predicted octanol–water partition coefficient (Wildman–Crippen LogP) is 3.72. The first-order valence-electron chi connectivity index (χ1n) is 7.05. The summed E-state index contributed by atoms with van der Waals surface area (Å²) in [5, 5.41) is 0. The number of nitrogens with zero attached hydrogens (tertiary/aromatic N) is 1. The molecule has 1 fully saturated rings. The van der Waals surface area contributed by atoms with E-state index in [1.54, 1.807) is 4.90 Å². The quantitative estimate of drug-likeness (QED) is 0.853. The Morgan fingerprint density at radius 3 is 2.43 bits per heavy atom. The second-order valence-electron chi connectivity index (χ2n) is 5.05. The van der Waals surface area contributed by atoms with Crippen molar-refractivity contribution in [1.82, 2.24) is 4.90 Å². The van der Waals surface area contributed by atoms with Gasteiger partial charge in [-0.1, -0.05) is 60.7 Å². The van der Waals surface area contributed by atoms with Gasteiger partial charge in [0.15, 0.2) is 0 Å². The number of cyclic esters (lactones) is 1. The molecule has 2 aromatic carbocycles. The minimum atomic E-state index is -0.275. The summed E-state index contributed by atoms with van der Waals surface area (Å²) in [6, 6.07) is 20.1. The molecule has 1 heterocycles. The van der Waals surface area contributed by atoms with E-state index in [-0.39, 0.29) is 12.1 Å². The molecule has 2 aromatic rings. The van der Waals surface area contributed by atoms with E-state index in [1.807, 2.05) is 60.8 Å². The third-order valence-electron chi connectivity index (χ3n) is 3.54. The first kappa shape index (κ1) is 13.4. The number of amides is 1. The first-order valence-corrected chi connectivity index (χ1v) is 7.05. The molecule has 1 saturated heterocycles. The van der Waals surface area contributed by atoms with Crippen LogP contribution < -0.4 is 0 Å². The number of carbonyl (C=O) groups is 1. The second kappa shape index (κ2) is 6.27. The summed E-state index contributed by atoms with van der Waals surface area (Å²) >= 11 is 0. The molecule has 21 heavy (non-hydrogen) atoms. The van der Waals surface area contributed by atoms with Gasteiger partial charge < -0.3 is 4.74 Å². The molecular weight excluding hydrogens is 262 g/mol. The summed E-state index contributed by atoms with van der Waals surface area (Å²) in [5.74, 6) is 0. The fourth-order valence-corrected chi connectivity index (χ4v) is 2.43. The lowest BCUT2D eigenvalue weighted by Gasteiger charge is -2.17. The Kier molecular flexibility index (Phi) is 4.01. The molecule has 1 aliphatic heterocycles. The van der Waals surface area contributed by atoms with Crippen LogP contribution >= 0.6 is 0 Å². The molecule has 0 saturated carbocycles. The van der Waals surface area contributed by atoms with E-state index in [4.69, 9.17) is 4.74 Å². The fourth-order valence-electron chi connectivity index (χ4n) is 2.43. The van der Waals surface area contributed by atoms with Crippen molar-refractivity contribution in [2.75, 3.05) is 6.61 Å². The molecule has 0 bridgehead atoms. The van der Waals surface area contributed by atoms with Crippen molar-refractivity contribution < 1.29 is 9.53 Å². The highest BCUT2D eigenvalue weighted by Crippen LogP contribution is 2.18. The highest BCUT2D eigenvalue weighted by Gasteiger charge is 2.31. The lowest BCUT2D eigenvalue weighted by atomic mass is 10.1. The van der Waals surface area contributed by atoms with Crippen LogP contribution in [-0.2, 0) is 11.2 Å². The van der Waals surface area contributed by atoms with Crippen LogP contribution in [0.5, 0.6) is 0 Å². The van der Waals surface area contributed by atoms with E-state index in [0.717, 1.165) is 12.0 Å². The largest absolute Gasteiger partial charge is 0.447 e. The third-order valence-corrected chi connectivity index (χ3v) is 3.54. The summed E-state index contributed by atoms with van der Waals surface area (Å²) in [6.07, 6.45) is 4.28. The Morgan fingerprint density at radius 1 is 1.05 bits per heavy atom. The Bertz CT molecular complexity index is 622. The molecule has 0 N–H and O–H groups in total. The number of rotatable bonds is 4. The van der Waals surface area contributed by atoms with Crippen LogP contribution in [0.3, 0.4) is 0 Å². The Hall–Kier alpha value is -2.55. The molecule has 0 spiro atoms. The van der Waals surface area contributed by atoms with E-state index in [0.29, 0.717) is 6.61 Å². The van der Waals surface area contributed by atoms with E-state index in [9.17, 15) is 4.79 Å². The topological polar surface area (TPSA) is 29.5 Å². The zero-order valence-corrected chi connectivity index (χ0v) is 11.7. The van der Waals surface area contributed by atoms with Gasteiger partial charge >= 0.3 is 6.09 Å². The second-order valence-corrected chi connectivity index (χ2v) is 5.05. The molecule has 1 unspecified atom stereocenters. The zero-order valence-electron chi connectivity index (χ0n) is 11.7. The lowest BCUT2D eigenvalue weighted by Crippen LogP contribution is -2.30. The summed E-state index contributed by atoms with van der Waals surface area (Å²) in [4.78, 5) is 13.5. The molecule has 3 nitrogen and oxygen atoms in total. The van der Waals surface area contributed by atoms with Crippen molar-refractivity contribution in [3.63, 3.8) is 0 Å². The minimum Gasteiger partial charge on any atom is -0.447 e. The van der Waals surface area contributed by atoms with Gasteiger partial charge in [-0.15, -0.1) is 0 Å². The summed E-state index contributed by atoms with van der Waals surface area (Å²) in [5.41, 5.74) is 2.27. The van der Waals surface area contributed by atoms with Crippen LogP contribution in [0.4, 0.5) is 4.79 Å². The Morgan fingerprint density at radius 2 is 1.71 bits per heavy atom. The molecule has 3 rings (SSSR count). The highest BCUT2D eigenvalue weighted by molar-refractivity contribution is 5.72. The van der Waals surface area contributed by atoms with Crippen LogP contribution in [0.15, 0.2) is 66.9 Å². The summed E-state index contributed by atoms with van der Waals surface area (Å²) < 4.78 is 5.17. The Labute approximate surface area is 124 Å². The van der Waals surface area contributed by atoms with Gasteiger partial charge in [0.25, 0.3) is 0 Å². The van der Waals surface area contributed by atoms with Gasteiger partial charge in [-0.3, -0.25) is 4.90 Å². The summed E-state index contributed by atoms with van der Waals surface area (Å²) in [6.45, 7) is 0.437. The number of carbonyl (C=O) groups excluding carboxylic acids is 1. The van der Waals surface area contributed by atoms with Crippen molar-refractivity contribution >= 4 is 12.2 Å². The molecule has 1 aliphatic rings. The van der Waals surface area contributed by atoms with Crippen molar-refractivity contribution in [3.8, 4) is 0 Å². The maximum atomic E-state index is 11.8. The normalized spacial score (nSPS) is 18.2. The maximum Gasteiger partial charge on any atom is 0.414 e. The molecule has 106 valence electrons. The molecule has 1 amide bonds. The maximum absolute atomic E-state index is 11.8. The molecule has 0 aliphatic carbocycles. The minimum absolute atomic E-state index is 0.0554. The number of benzene rings is 2. The monoisotopic (exact) mass is 279 g/mol. The molecule has 0 aromatic heterocycles. The molecule has 1 atom stereocenters.